The van der Waals surface area contributed by atoms with E-state index in [-0.39, 0.29) is 23.5 Å². The van der Waals surface area contributed by atoms with Crippen molar-refractivity contribution in [2.24, 2.45) is 17.3 Å². The molecule has 2 heteroatoms. The number of hydrogen-bond donors (Lipinski definition) is 0. The summed E-state index contributed by atoms with van der Waals surface area (Å²) in [4.78, 5) is 12.2. The molecule has 1 heterocycles. The third-order valence-electron chi connectivity index (χ3n) is 3.74. The first-order chi connectivity index (χ1) is 7.22. The Balaban J connectivity index is 2.54. The van der Waals surface area contributed by atoms with E-state index in [0.717, 1.165) is 6.42 Å². The Kier molecular flexibility index (Phi) is 4.17. The van der Waals surface area contributed by atoms with Crippen molar-refractivity contribution in [1.82, 2.24) is 0 Å². The number of carbonyl (C=O) groups excluding carboxylic acids is 1. The molecule has 0 aromatic rings. The van der Waals surface area contributed by atoms with Gasteiger partial charge in [0.15, 0.2) is 0 Å². The molecule has 1 fully saturated rings. The van der Waals surface area contributed by atoms with Gasteiger partial charge in [0.1, 0.15) is 5.78 Å². The highest BCUT2D eigenvalue weighted by atomic mass is 16.5. The number of ether oxygens (including phenoxy) is 1. The standard InChI is InChI=1S/C14H26O2/c1-9-10(2)16-11(3)13(9)12(15)7-8-14(4,5)6/h9-11,13H,7-8H2,1-6H3. The minimum atomic E-state index is 0.0949. The van der Waals surface area contributed by atoms with Crippen molar-refractivity contribution in [3.63, 3.8) is 0 Å². The second kappa shape index (κ2) is 4.87. The lowest BCUT2D eigenvalue weighted by atomic mass is 9.81. The molecule has 1 aliphatic rings. The third-order valence-corrected chi connectivity index (χ3v) is 3.74. The van der Waals surface area contributed by atoms with E-state index in [0.29, 0.717) is 18.1 Å². The van der Waals surface area contributed by atoms with Crippen LogP contribution in [-0.2, 0) is 9.53 Å². The second-order valence-electron chi connectivity index (χ2n) is 6.46. The first-order valence-electron chi connectivity index (χ1n) is 6.40. The van der Waals surface area contributed by atoms with Crippen LogP contribution in [0.4, 0.5) is 0 Å². The monoisotopic (exact) mass is 226 g/mol. The Morgan fingerprint density at radius 3 is 2.06 bits per heavy atom. The maximum absolute atomic E-state index is 12.2. The molecule has 0 aromatic heterocycles. The van der Waals surface area contributed by atoms with Crippen LogP contribution in [0.1, 0.15) is 54.4 Å². The van der Waals surface area contributed by atoms with E-state index in [2.05, 4.69) is 34.6 Å². The van der Waals surface area contributed by atoms with Crippen LogP contribution in [0.5, 0.6) is 0 Å². The van der Waals surface area contributed by atoms with Crippen LogP contribution in [0, 0.1) is 17.3 Å². The summed E-state index contributed by atoms with van der Waals surface area (Å²) >= 11 is 0. The highest BCUT2D eigenvalue weighted by molar-refractivity contribution is 5.82. The minimum Gasteiger partial charge on any atom is -0.375 e. The summed E-state index contributed by atoms with van der Waals surface area (Å²) in [6, 6.07) is 0. The molecule has 0 aliphatic carbocycles. The van der Waals surface area contributed by atoms with E-state index >= 15 is 0 Å². The van der Waals surface area contributed by atoms with Crippen molar-refractivity contribution >= 4 is 5.78 Å². The van der Waals surface area contributed by atoms with Crippen molar-refractivity contribution in [3.8, 4) is 0 Å². The molecule has 0 aromatic carbocycles. The summed E-state index contributed by atoms with van der Waals surface area (Å²) in [5.74, 6) is 0.860. The molecule has 2 nitrogen and oxygen atoms in total. The van der Waals surface area contributed by atoms with Gasteiger partial charge in [0.2, 0.25) is 0 Å². The van der Waals surface area contributed by atoms with Gasteiger partial charge in [-0.15, -0.1) is 0 Å². The lowest BCUT2D eigenvalue weighted by molar-refractivity contribution is -0.125. The zero-order valence-electron chi connectivity index (χ0n) is 11.5. The quantitative estimate of drug-likeness (QED) is 0.737. The van der Waals surface area contributed by atoms with Gasteiger partial charge in [0, 0.05) is 12.3 Å². The largest absolute Gasteiger partial charge is 0.375 e. The van der Waals surface area contributed by atoms with Crippen molar-refractivity contribution < 1.29 is 9.53 Å². The van der Waals surface area contributed by atoms with Gasteiger partial charge in [-0.05, 0) is 31.6 Å². The summed E-state index contributed by atoms with van der Waals surface area (Å²) in [6.07, 6.45) is 1.98. The lowest BCUT2D eigenvalue weighted by Crippen LogP contribution is -2.27. The normalized spacial score (nSPS) is 35.4. The number of carbonyl (C=O) groups is 1. The Bertz CT molecular complexity index is 252. The number of Topliss-reactive ketones (excluding diaryl/α,β-unsaturated/α-hetero) is 1. The molecule has 0 saturated carbocycles. The summed E-state index contributed by atoms with van der Waals surface area (Å²) in [7, 11) is 0. The molecule has 94 valence electrons. The van der Waals surface area contributed by atoms with E-state index in [1.165, 1.54) is 0 Å². The van der Waals surface area contributed by atoms with Gasteiger partial charge in [-0.1, -0.05) is 27.7 Å². The van der Waals surface area contributed by atoms with Gasteiger partial charge in [-0.3, -0.25) is 4.79 Å². The van der Waals surface area contributed by atoms with Crippen LogP contribution in [0.2, 0.25) is 0 Å². The molecule has 0 amide bonds. The molecule has 4 atom stereocenters. The van der Waals surface area contributed by atoms with Gasteiger partial charge in [0.25, 0.3) is 0 Å². The highest BCUT2D eigenvalue weighted by Crippen LogP contribution is 2.34. The molecule has 0 spiro atoms. The average Bonchev–Trinajstić information content (AvgIpc) is 2.36. The Morgan fingerprint density at radius 1 is 1.12 bits per heavy atom. The number of hydrogen-bond acceptors (Lipinski definition) is 2. The lowest BCUT2D eigenvalue weighted by Gasteiger charge is -2.21. The molecule has 16 heavy (non-hydrogen) atoms. The van der Waals surface area contributed by atoms with Crippen LogP contribution in [-0.4, -0.2) is 18.0 Å². The van der Waals surface area contributed by atoms with Crippen molar-refractivity contribution in [2.75, 3.05) is 0 Å². The zero-order valence-corrected chi connectivity index (χ0v) is 11.5. The minimum absolute atomic E-state index is 0.0949. The van der Waals surface area contributed by atoms with E-state index in [1.807, 2.05) is 6.92 Å². The summed E-state index contributed by atoms with van der Waals surface area (Å²) in [6.45, 7) is 12.8. The van der Waals surface area contributed by atoms with E-state index in [4.69, 9.17) is 4.74 Å². The Labute approximate surface area is 99.8 Å². The van der Waals surface area contributed by atoms with Gasteiger partial charge in [-0.25, -0.2) is 0 Å². The molecular formula is C14H26O2. The fraction of sp³-hybridized carbons (Fsp3) is 0.929. The topological polar surface area (TPSA) is 26.3 Å². The van der Waals surface area contributed by atoms with Gasteiger partial charge < -0.3 is 4.74 Å². The predicted molar refractivity (Wildman–Crippen MR) is 66.4 cm³/mol. The fourth-order valence-electron chi connectivity index (χ4n) is 2.49. The molecular weight excluding hydrogens is 200 g/mol. The number of ketones is 1. The maximum Gasteiger partial charge on any atom is 0.138 e. The van der Waals surface area contributed by atoms with Crippen LogP contribution in [0.3, 0.4) is 0 Å². The molecule has 1 rings (SSSR count). The third kappa shape index (κ3) is 3.31. The zero-order chi connectivity index (χ0) is 12.5. The van der Waals surface area contributed by atoms with Crippen LogP contribution in [0.15, 0.2) is 0 Å². The predicted octanol–water partition coefficient (Wildman–Crippen LogP) is 3.44. The highest BCUT2D eigenvalue weighted by Gasteiger charge is 2.41. The molecule has 1 aliphatic heterocycles. The molecule has 1 saturated heterocycles. The molecule has 0 radical (unpaired) electrons. The van der Waals surface area contributed by atoms with Crippen LogP contribution in [0.25, 0.3) is 0 Å². The number of rotatable bonds is 3. The van der Waals surface area contributed by atoms with E-state index in [9.17, 15) is 4.79 Å². The maximum atomic E-state index is 12.2. The van der Waals surface area contributed by atoms with Crippen LogP contribution >= 0.6 is 0 Å². The van der Waals surface area contributed by atoms with Crippen molar-refractivity contribution in [1.29, 1.82) is 0 Å². The molecule has 0 bridgehead atoms. The van der Waals surface area contributed by atoms with Gasteiger partial charge in [0.05, 0.1) is 12.2 Å². The fourth-order valence-corrected chi connectivity index (χ4v) is 2.49. The van der Waals surface area contributed by atoms with Gasteiger partial charge >= 0.3 is 0 Å². The summed E-state index contributed by atoms with van der Waals surface area (Å²) in [5.41, 5.74) is 0.243. The van der Waals surface area contributed by atoms with Gasteiger partial charge in [-0.2, -0.15) is 0 Å². The Morgan fingerprint density at radius 2 is 1.69 bits per heavy atom. The van der Waals surface area contributed by atoms with Crippen molar-refractivity contribution in [3.05, 3.63) is 0 Å². The molecule has 4 unspecified atom stereocenters. The van der Waals surface area contributed by atoms with Crippen molar-refractivity contribution in [2.45, 2.75) is 66.6 Å². The Hall–Kier alpha value is -0.370. The smallest absolute Gasteiger partial charge is 0.138 e. The summed E-state index contributed by atoms with van der Waals surface area (Å²) in [5, 5.41) is 0. The van der Waals surface area contributed by atoms with E-state index < -0.39 is 0 Å². The summed E-state index contributed by atoms with van der Waals surface area (Å²) < 4.78 is 5.72. The molecule has 0 N–H and O–H groups in total. The average molecular weight is 226 g/mol. The first kappa shape index (κ1) is 13.7. The van der Waals surface area contributed by atoms with E-state index in [1.54, 1.807) is 0 Å². The SMILES string of the molecule is CC1OC(C)C(C(=O)CCC(C)(C)C)C1C. The second-order valence-corrected chi connectivity index (χ2v) is 6.46. The first-order valence-corrected chi connectivity index (χ1v) is 6.40. The van der Waals surface area contributed by atoms with Crippen LogP contribution < -0.4 is 0 Å².